The second kappa shape index (κ2) is 7.50. The molecule has 1 N–H and O–H groups in total. The Balaban J connectivity index is 3.98. The van der Waals surface area contributed by atoms with E-state index >= 15 is 0 Å². The first-order chi connectivity index (χ1) is 9.03. The molecule has 0 atom stereocenters. The van der Waals surface area contributed by atoms with Crippen LogP contribution < -0.4 is 5.32 Å². The van der Waals surface area contributed by atoms with Gasteiger partial charge in [0, 0.05) is 0 Å². The molecule has 5 nitrogen and oxygen atoms in total. The summed E-state index contributed by atoms with van der Waals surface area (Å²) in [6, 6.07) is 0. The molecule has 0 spiro atoms. The molecule has 0 aliphatic heterocycles. The Morgan fingerprint density at radius 3 is 2.15 bits per heavy atom. The molecule has 0 aromatic heterocycles. The smallest absolute Gasteiger partial charge is 0.407 e. The normalized spacial score (nSPS) is 12.2. The van der Waals surface area contributed by atoms with Crippen LogP contribution in [0.3, 0.4) is 0 Å². The third-order valence-corrected chi connectivity index (χ3v) is 3.79. The van der Waals surface area contributed by atoms with Crippen LogP contribution in [0.2, 0.25) is 0 Å². The van der Waals surface area contributed by atoms with Gasteiger partial charge in [-0.05, 0) is 40.0 Å². The lowest BCUT2D eigenvalue weighted by Gasteiger charge is -2.29. The lowest BCUT2D eigenvalue weighted by atomic mass is 9.91. The van der Waals surface area contributed by atoms with Crippen LogP contribution in [0.4, 0.5) is 4.79 Å². The molecule has 0 aliphatic carbocycles. The quantitative estimate of drug-likeness (QED) is 0.577. The number of alkyl carbamates (subject to hydrolysis) is 1. The van der Waals surface area contributed by atoms with Crippen LogP contribution in [0.15, 0.2) is 0 Å². The van der Waals surface area contributed by atoms with Crippen molar-refractivity contribution in [3.05, 3.63) is 0 Å². The molecule has 0 aromatic rings. The molecule has 0 unspecified atom stereocenters. The average Bonchev–Trinajstić information content (AvgIpc) is 2.33. The van der Waals surface area contributed by atoms with E-state index in [0.717, 1.165) is 0 Å². The van der Waals surface area contributed by atoms with E-state index < -0.39 is 17.1 Å². The third kappa shape index (κ3) is 6.26. The third-order valence-electron chi connectivity index (χ3n) is 3.79. The summed E-state index contributed by atoms with van der Waals surface area (Å²) in [7, 11) is 0. The maximum Gasteiger partial charge on any atom is 0.407 e. The van der Waals surface area contributed by atoms with E-state index in [1.165, 1.54) is 0 Å². The number of ether oxygens (including phenoxy) is 2. The van der Waals surface area contributed by atoms with Gasteiger partial charge >= 0.3 is 12.1 Å². The Bertz CT molecular complexity index is 335. The summed E-state index contributed by atoms with van der Waals surface area (Å²) in [5.41, 5.74) is -1.01. The summed E-state index contributed by atoms with van der Waals surface area (Å²) < 4.78 is 10.4. The summed E-state index contributed by atoms with van der Waals surface area (Å²) in [4.78, 5) is 23.3. The van der Waals surface area contributed by atoms with E-state index in [2.05, 4.69) is 5.32 Å². The van der Waals surface area contributed by atoms with Crippen LogP contribution >= 0.6 is 0 Å². The Labute approximate surface area is 122 Å². The SMILES string of the molecule is CCC(C)(C)C(=O)OCCNC(=O)OC(C)(C)C(C)C. The second-order valence-corrected chi connectivity index (χ2v) is 6.45. The molecule has 1 amide bonds. The van der Waals surface area contributed by atoms with E-state index in [1.54, 1.807) is 0 Å². The van der Waals surface area contributed by atoms with Gasteiger partial charge < -0.3 is 14.8 Å². The molecular formula is C15H29NO4. The van der Waals surface area contributed by atoms with Gasteiger partial charge in [-0.25, -0.2) is 4.79 Å². The lowest BCUT2D eigenvalue weighted by molar-refractivity contribution is -0.153. The van der Waals surface area contributed by atoms with E-state index in [0.29, 0.717) is 6.42 Å². The number of carbonyl (C=O) groups excluding carboxylic acids is 2. The molecule has 0 fully saturated rings. The van der Waals surface area contributed by atoms with Gasteiger partial charge in [0.2, 0.25) is 0 Å². The zero-order chi connectivity index (χ0) is 16.0. The van der Waals surface area contributed by atoms with Gasteiger partial charge in [-0.2, -0.15) is 0 Å². The van der Waals surface area contributed by atoms with Gasteiger partial charge in [0.15, 0.2) is 0 Å². The summed E-state index contributed by atoms with van der Waals surface area (Å²) in [6.45, 7) is 13.7. The molecule has 0 saturated heterocycles. The molecule has 0 aliphatic rings. The van der Waals surface area contributed by atoms with Crippen LogP contribution in [0, 0.1) is 11.3 Å². The first-order valence-corrected chi connectivity index (χ1v) is 7.17. The molecule has 20 heavy (non-hydrogen) atoms. The van der Waals surface area contributed by atoms with Gasteiger partial charge in [0.1, 0.15) is 12.2 Å². The van der Waals surface area contributed by atoms with E-state index in [-0.39, 0.29) is 25.0 Å². The number of amides is 1. The topological polar surface area (TPSA) is 64.6 Å². The second-order valence-electron chi connectivity index (χ2n) is 6.45. The first-order valence-electron chi connectivity index (χ1n) is 7.17. The van der Waals surface area contributed by atoms with Crippen LogP contribution in [0.25, 0.3) is 0 Å². The number of hydrogen-bond donors (Lipinski definition) is 1. The van der Waals surface area contributed by atoms with Gasteiger partial charge in [0.05, 0.1) is 12.0 Å². The van der Waals surface area contributed by atoms with Crippen molar-refractivity contribution in [3.63, 3.8) is 0 Å². The van der Waals surface area contributed by atoms with Crippen molar-refractivity contribution in [1.29, 1.82) is 0 Å². The average molecular weight is 287 g/mol. The van der Waals surface area contributed by atoms with Crippen molar-refractivity contribution in [2.24, 2.45) is 11.3 Å². The fourth-order valence-electron chi connectivity index (χ4n) is 1.03. The predicted molar refractivity (Wildman–Crippen MR) is 78.4 cm³/mol. The molecule has 0 rings (SSSR count). The van der Waals surface area contributed by atoms with Crippen molar-refractivity contribution >= 4 is 12.1 Å². The van der Waals surface area contributed by atoms with Gasteiger partial charge in [-0.1, -0.05) is 20.8 Å². The number of esters is 1. The maximum absolute atomic E-state index is 11.7. The highest BCUT2D eigenvalue weighted by Gasteiger charge is 2.28. The van der Waals surface area contributed by atoms with Crippen molar-refractivity contribution in [1.82, 2.24) is 5.32 Å². The Kier molecular flexibility index (Phi) is 7.03. The predicted octanol–water partition coefficient (Wildman–Crippen LogP) is 3.13. The highest BCUT2D eigenvalue weighted by Crippen LogP contribution is 2.21. The Hall–Kier alpha value is -1.26. The molecule has 0 aromatic carbocycles. The van der Waals surface area contributed by atoms with Crippen molar-refractivity contribution < 1.29 is 19.1 Å². The van der Waals surface area contributed by atoms with Crippen molar-refractivity contribution in [2.75, 3.05) is 13.2 Å². The minimum atomic E-state index is -0.523. The number of hydrogen-bond acceptors (Lipinski definition) is 4. The summed E-state index contributed by atoms with van der Waals surface area (Å²) in [6.07, 6.45) is 0.221. The lowest BCUT2D eigenvalue weighted by Crippen LogP contribution is -2.39. The molecule has 0 radical (unpaired) electrons. The van der Waals surface area contributed by atoms with Gasteiger partial charge in [-0.3, -0.25) is 4.79 Å². The molecular weight excluding hydrogens is 258 g/mol. The van der Waals surface area contributed by atoms with Crippen LogP contribution in [-0.2, 0) is 14.3 Å². The highest BCUT2D eigenvalue weighted by atomic mass is 16.6. The van der Waals surface area contributed by atoms with Crippen LogP contribution in [0.5, 0.6) is 0 Å². The van der Waals surface area contributed by atoms with E-state index in [4.69, 9.17) is 9.47 Å². The van der Waals surface area contributed by atoms with Gasteiger partial charge in [-0.15, -0.1) is 0 Å². The Morgan fingerprint density at radius 1 is 1.15 bits per heavy atom. The van der Waals surface area contributed by atoms with Crippen molar-refractivity contribution in [2.45, 2.75) is 60.5 Å². The zero-order valence-corrected chi connectivity index (χ0v) is 13.8. The fraction of sp³-hybridized carbons (Fsp3) is 0.867. The minimum absolute atomic E-state index is 0.152. The summed E-state index contributed by atoms with van der Waals surface area (Å²) in [5.74, 6) is -0.0332. The molecule has 118 valence electrons. The van der Waals surface area contributed by atoms with E-state index in [9.17, 15) is 9.59 Å². The fourth-order valence-corrected chi connectivity index (χ4v) is 1.03. The van der Waals surface area contributed by atoms with E-state index in [1.807, 2.05) is 48.5 Å². The minimum Gasteiger partial charge on any atom is -0.463 e. The van der Waals surface area contributed by atoms with Gasteiger partial charge in [0.25, 0.3) is 0 Å². The molecule has 5 heteroatoms. The zero-order valence-electron chi connectivity index (χ0n) is 13.8. The maximum atomic E-state index is 11.7. The number of nitrogens with one attached hydrogen (secondary N) is 1. The monoisotopic (exact) mass is 287 g/mol. The van der Waals surface area contributed by atoms with Crippen LogP contribution in [0.1, 0.15) is 54.9 Å². The summed E-state index contributed by atoms with van der Waals surface area (Å²) >= 11 is 0. The molecule has 0 heterocycles. The highest BCUT2D eigenvalue weighted by molar-refractivity contribution is 5.75. The number of carbonyl (C=O) groups is 2. The number of rotatable bonds is 7. The van der Waals surface area contributed by atoms with Crippen LogP contribution in [-0.4, -0.2) is 30.8 Å². The molecule has 0 bridgehead atoms. The van der Waals surface area contributed by atoms with Crippen molar-refractivity contribution in [3.8, 4) is 0 Å². The largest absolute Gasteiger partial charge is 0.463 e. The first kappa shape index (κ1) is 18.7. The summed E-state index contributed by atoms with van der Waals surface area (Å²) in [5, 5.41) is 2.58. The standard InChI is InChI=1S/C15H29NO4/c1-8-14(4,5)12(17)19-10-9-16-13(18)20-15(6,7)11(2)3/h11H,8-10H2,1-7H3,(H,16,18). The molecule has 0 saturated carbocycles. The Morgan fingerprint density at radius 2 is 1.70 bits per heavy atom.